The minimum atomic E-state index is -0.935. The van der Waals surface area contributed by atoms with Crippen LogP contribution in [0.4, 0.5) is 8.78 Å². The molecule has 0 amide bonds. The van der Waals surface area contributed by atoms with Gasteiger partial charge in [0.1, 0.15) is 0 Å². The molecule has 0 radical (unpaired) electrons. The van der Waals surface area contributed by atoms with E-state index >= 15 is 0 Å². The van der Waals surface area contributed by atoms with Gasteiger partial charge < -0.3 is 4.52 Å². The molecule has 0 spiro atoms. The molecule has 0 fully saturated rings. The number of nitrogens with zero attached hydrogens (tertiary/aromatic N) is 2. The van der Waals surface area contributed by atoms with E-state index in [4.69, 9.17) is 4.52 Å². The zero-order chi connectivity index (χ0) is 10.1. The fraction of sp³-hybridized carbons (Fsp3) is 0. The maximum Gasteiger partial charge on any atom is 0.258 e. The lowest BCUT2D eigenvalue weighted by molar-refractivity contribution is 0.425. The van der Waals surface area contributed by atoms with Gasteiger partial charge in [-0.15, -0.1) is 0 Å². The summed E-state index contributed by atoms with van der Waals surface area (Å²) in [4.78, 5) is 3.87. The fourth-order valence-corrected chi connectivity index (χ4v) is 1.27. The summed E-state index contributed by atoms with van der Waals surface area (Å²) in [6.07, 6.45) is 0. The first-order valence-electron chi connectivity index (χ1n) is 3.61. The maximum absolute atomic E-state index is 12.8. The molecule has 2 aromatic rings. The minimum absolute atomic E-state index is 0.174. The molecule has 0 bridgehead atoms. The molecule has 0 aliphatic heterocycles. The first-order chi connectivity index (χ1) is 6.66. The number of hydrogen-bond donors (Lipinski definition) is 0. The van der Waals surface area contributed by atoms with Gasteiger partial charge >= 0.3 is 0 Å². The molecule has 0 saturated heterocycles. The van der Waals surface area contributed by atoms with E-state index in [9.17, 15) is 8.78 Å². The van der Waals surface area contributed by atoms with Crippen molar-refractivity contribution in [2.45, 2.75) is 0 Å². The highest BCUT2D eigenvalue weighted by atomic mass is 127. The lowest BCUT2D eigenvalue weighted by Crippen LogP contribution is -1.85. The number of benzene rings is 1. The molecule has 72 valence electrons. The van der Waals surface area contributed by atoms with Gasteiger partial charge in [-0.2, -0.15) is 4.98 Å². The Hall–Kier alpha value is -1.05. The monoisotopic (exact) mass is 308 g/mol. The molecule has 0 aliphatic rings. The molecule has 2 rings (SSSR count). The topological polar surface area (TPSA) is 38.9 Å². The normalized spacial score (nSPS) is 10.5. The first-order valence-corrected chi connectivity index (χ1v) is 4.69. The Labute approximate surface area is 91.3 Å². The van der Waals surface area contributed by atoms with Crippen molar-refractivity contribution in [1.82, 2.24) is 10.1 Å². The van der Waals surface area contributed by atoms with Gasteiger partial charge in [-0.3, -0.25) is 0 Å². The smallest absolute Gasteiger partial charge is 0.258 e. The Bertz CT molecular complexity index is 472. The minimum Gasteiger partial charge on any atom is -0.333 e. The van der Waals surface area contributed by atoms with Crippen molar-refractivity contribution in [2.75, 3.05) is 0 Å². The van der Waals surface area contributed by atoms with Gasteiger partial charge in [0, 0.05) is 28.2 Å². The van der Waals surface area contributed by atoms with E-state index in [2.05, 4.69) is 10.1 Å². The zero-order valence-corrected chi connectivity index (χ0v) is 8.83. The van der Waals surface area contributed by atoms with Crippen molar-refractivity contribution in [2.24, 2.45) is 0 Å². The van der Waals surface area contributed by atoms with Gasteiger partial charge in [-0.05, 0) is 18.2 Å². The van der Waals surface area contributed by atoms with Crippen molar-refractivity contribution in [3.05, 3.63) is 33.7 Å². The summed E-state index contributed by atoms with van der Waals surface area (Å²) in [7, 11) is 0. The average Bonchev–Trinajstić information content (AvgIpc) is 2.57. The van der Waals surface area contributed by atoms with E-state index in [0.29, 0.717) is 9.39 Å². The van der Waals surface area contributed by atoms with Crippen LogP contribution in [0.3, 0.4) is 0 Å². The van der Waals surface area contributed by atoms with Crippen LogP contribution in [-0.2, 0) is 0 Å². The Morgan fingerprint density at radius 2 is 2.00 bits per heavy atom. The van der Waals surface area contributed by atoms with E-state index < -0.39 is 11.6 Å². The van der Waals surface area contributed by atoms with Crippen LogP contribution in [0, 0.1) is 15.5 Å². The highest BCUT2D eigenvalue weighted by molar-refractivity contribution is 14.1. The Morgan fingerprint density at radius 1 is 1.21 bits per heavy atom. The molecular weight excluding hydrogens is 305 g/mol. The summed E-state index contributed by atoms with van der Waals surface area (Å²) in [5, 5.41) is 3.53. The van der Waals surface area contributed by atoms with E-state index in [1.54, 1.807) is 0 Å². The molecule has 0 N–H and O–H groups in total. The largest absolute Gasteiger partial charge is 0.333 e. The van der Waals surface area contributed by atoms with Crippen LogP contribution < -0.4 is 0 Å². The molecule has 3 nitrogen and oxygen atoms in total. The molecule has 1 heterocycles. The molecule has 0 atom stereocenters. The summed E-state index contributed by atoms with van der Waals surface area (Å²) < 4.78 is 30.6. The van der Waals surface area contributed by atoms with E-state index in [1.807, 2.05) is 22.6 Å². The Balaban J connectivity index is 2.47. The van der Waals surface area contributed by atoms with Crippen LogP contribution in [-0.4, -0.2) is 10.1 Å². The highest BCUT2D eigenvalue weighted by Gasteiger charge is 2.09. The zero-order valence-electron chi connectivity index (χ0n) is 6.67. The number of hydrogen-bond acceptors (Lipinski definition) is 3. The average molecular weight is 308 g/mol. The van der Waals surface area contributed by atoms with Crippen LogP contribution in [0.1, 0.15) is 0 Å². The van der Waals surface area contributed by atoms with Crippen LogP contribution in [0.2, 0.25) is 0 Å². The van der Waals surface area contributed by atoms with Crippen LogP contribution in [0.15, 0.2) is 22.7 Å². The van der Waals surface area contributed by atoms with E-state index in [-0.39, 0.29) is 5.89 Å². The van der Waals surface area contributed by atoms with Crippen molar-refractivity contribution < 1.29 is 13.3 Å². The standard InChI is InChI=1S/C8H3F2IN2O/c9-5-2-1-4(3-6(5)10)7-12-8(11)13-14-7/h1-3H. The second-order valence-corrected chi connectivity index (χ2v) is 3.46. The van der Waals surface area contributed by atoms with Gasteiger partial charge in [0.05, 0.1) is 0 Å². The predicted molar refractivity (Wildman–Crippen MR) is 52.4 cm³/mol. The quantitative estimate of drug-likeness (QED) is 0.760. The third kappa shape index (κ3) is 1.74. The third-order valence-electron chi connectivity index (χ3n) is 1.57. The summed E-state index contributed by atoms with van der Waals surface area (Å²) >= 11 is 1.86. The Kier molecular flexibility index (Phi) is 2.44. The fourth-order valence-electron chi connectivity index (χ4n) is 0.952. The second-order valence-electron chi connectivity index (χ2n) is 2.50. The van der Waals surface area contributed by atoms with Crippen molar-refractivity contribution in [3.8, 4) is 11.5 Å². The van der Waals surface area contributed by atoms with Gasteiger partial charge in [0.25, 0.3) is 5.89 Å². The molecule has 6 heteroatoms. The van der Waals surface area contributed by atoms with Gasteiger partial charge in [-0.25, -0.2) is 8.78 Å². The van der Waals surface area contributed by atoms with Crippen LogP contribution in [0.5, 0.6) is 0 Å². The highest BCUT2D eigenvalue weighted by Crippen LogP contribution is 2.19. The maximum atomic E-state index is 12.8. The van der Waals surface area contributed by atoms with Crippen LogP contribution in [0.25, 0.3) is 11.5 Å². The molecule has 0 aliphatic carbocycles. The van der Waals surface area contributed by atoms with E-state index in [1.165, 1.54) is 6.07 Å². The molecule has 0 saturated carbocycles. The molecule has 14 heavy (non-hydrogen) atoms. The predicted octanol–water partition coefficient (Wildman–Crippen LogP) is 2.62. The SMILES string of the molecule is Fc1ccc(-c2nc(I)no2)cc1F. The number of halogens is 3. The summed E-state index contributed by atoms with van der Waals surface area (Å²) in [6, 6.07) is 3.41. The van der Waals surface area contributed by atoms with Crippen molar-refractivity contribution in [1.29, 1.82) is 0 Å². The number of aromatic nitrogens is 2. The van der Waals surface area contributed by atoms with Gasteiger partial charge in [0.15, 0.2) is 11.6 Å². The summed E-state index contributed by atoms with van der Waals surface area (Å²) in [5.41, 5.74) is 0.360. The van der Waals surface area contributed by atoms with Gasteiger partial charge in [0.2, 0.25) is 3.83 Å². The second kappa shape index (κ2) is 3.60. The van der Waals surface area contributed by atoms with Crippen LogP contribution >= 0.6 is 22.6 Å². The van der Waals surface area contributed by atoms with Gasteiger partial charge in [-0.1, -0.05) is 5.16 Å². The molecular formula is C8H3F2IN2O. The van der Waals surface area contributed by atoms with Crippen molar-refractivity contribution in [3.63, 3.8) is 0 Å². The molecule has 0 unspecified atom stereocenters. The third-order valence-corrected chi connectivity index (χ3v) is 2.01. The lowest BCUT2D eigenvalue weighted by atomic mass is 10.2. The molecule has 1 aromatic heterocycles. The lowest BCUT2D eigenvalue weighted by Gasteiger charge is -1.94. The summed E-state index contributed by atoms with van der Waals surface area (Å²) in [5.74, 6) is -1.66. The Morgan fingerprint density at radius 3 is 2.57 bits per heavy atom. The number of rotatable bonds is 1. The van der Waals surface area contributed by atoms with E-state index in [0.717, 1.165) is 12.1 Å². The van der Waals surface area contributed by atoms with Crippen molar-refractivity contribution >= 4 is 22.6 Å². The first kappa shape index (κ1) is 9.50. The molecule has 1 aromatic carbocycles. The summed E-state index contributed by atoms with van der Waals surface area (Å²) in [6.45, 7) is 0.